The van der Waals surface area contributed by atoms with Gasteiger partial charge in [0.25, 0.3) is 5.91 Å². The number of piperidine rings is 1. The summed E-state index contributed by atoms with van der Waals surface area (Å²) >= 11 is 0. The molecule has 0 radical (unpaired) electrons. The quantitative estimate of drug-likeness (QED) is 0.373. The lowest BCUT2D eigenvalue weighted by molar-refractivity contribution is 0.0247. The number of anilines is 2. The second-order valence-electron chi connectivity index (χ2n) is 10.0. The molecule has 1 fully saturated rings. The summed E-state index contributed by atoms with van der Waals surface area (Å²) in [4.78, 5) is 39.5. The summed E-state index contributed by atoms with van der Waals surface area (Å²) in [6.07, 6.45) is 1.54. The van der Waals surface area contributed by atoms with E-state index in [0.717, 1.165) is 0 Å². The van der Waals surface area contributed by atoms with Gasteiger partial charge in [0.2, 0.25) is 0 Å². The SMILES string of the molecule is CC(C)(C)[C@@H]1C(n2nc(C(=O)Nc3nc4cc(C#N)ccc4o3)c3c(N)ncnc32)CCCN1C(=O)O. The number of nitrogens with two attached hydrogens (primary N) is 1. The van der Waals surface area contributed by atoms with Gasteiger partial charge in [-0.05, 0) is 36.5 Å². The van der Waals surface area contributed by atoms with Gasteiger partial charge >= 0.3 is 12.1 Å². The van der Waals surface area contributed by atoms with Crippen LogP contribution in [0.5, 0.6) is 0 Å². The van der Waals surface area contributed by atoms with Crippen LogP contribution in [0.4, 0.5) is 16.6 Å². The van der Waals surface area contributed by atoms with Crippen molar-refractivity contribution in [3.05, 3.63) is 35.8 Å². The molecule has 190 valence electrons. The number of nitriles is 1. The molecule has 0 saturated carbocycles. The van der Waals surface area contributed by atoms with Crippen LogP contribution in [0.2, 0.25) is 0 Å². The standard InChI is InChI=1S/C24H25N9O4/c1-24(2,3)18-14(5-4-8-32(18)23(35)36)33-20-16(19(26)27-11-28-20)17(31-33)21(34)30-22-29-13-9-12(10-25)6-7-15(13)37-22/h6-7,9,11,14,18H,4-5,8H2,1-3H3,(H,35,36)(H2,26,27,28)(H,29,30,34)/t14?,18-/m0/s1. The molecule has 4 aromatic rings. The zero-order valence-electron chi connectivity index (χ0n) is 20.5. The van der Waals surface area contributed by atoms with Crippen molar-refractivity contribution >= 4 is 46.0 Å². The zero-order chi connectivity index (χ0) is 26.5. The molecule has 13 heteroatoms. The van der Waals surface area contributed by atoms with Crippen LogP contribution in [0.3, 0.4) is 0 Å². The van der Waals surface area contributed by atoms with E-state index in [9.17, 15) is 14.7 Å². The molecular formula is C24H25N9O4. The first-order valence-corrected chi connectivity index (χ1v) is 11.7. The normalized spacial score (nSPS) is 18.2. The molecule has 1 aliphatic heterocycles. The van der Waals surface area contributed by atoms with E-state index in [4.69, 9.17) is 15.4 Å². The second kappa shape index (κ2) is 8.74. The van der Waals surface area contributed by atoms with Crippen molar-refractivity contribution in [3.63, 3.8) is 0 Å². The van der Waals surface area contributed by atoms with Gasteiger partial charge in [-0.15, -0.1) is 0 Å². The fraction of sp³-hybridized carbons (Fsp3) is 0.375. The third kappa shape index (κ3) is 4.16. The number of rotatable bonds is 3. The van der Waals surface area contributed by atoms with Gasteiger partial charge in [0.15, 0.2) is 16.9 Å². The van der Waals surface area contributed by atoms with E-state index in [1.807, 2.05) is 26.8 Å². The Morgan fingerprint density at radius 1 is 1.30 bits per heavy atom. The van der Waals surface area contributed by atoms with Gasteiger partial charge < -0.3 is 20.2 Å². The van der Waals surface area contributed by atoms with Gasteiger partial charge in [-0.3, -0.25) is 10.1 Å². The lowest BCUT2D eigenvalue weighted by atomic mass is 9.77. The summed E-state index contributed by atoms with van der Waals surface area (Å²) in [5.41, 5.74) is 7.25. The Balaban J connectivity index is 1.57. The van der Waals surface area contributed by atoms with E-state index in [1.54, 1.807) is 22.9 Å². The Bertz CT molecular complexity index is 1580. The van der Waals surface area contributed by atoms with Crippen LogP contribution in [0.1, 0.15) is 55.7 Å². The van der Waals surface area contributed by atoms with Crippen molar-refractivity contribution in [2.24, 2.45) is 5.41 Å². The Morgan fingerprint density at radius 3 is 2.78 bits per heavy atom. The molecule has 5 rings (SSSR count). The summed E-state index contributed by atoms with van der Waals surface area (Å²) in [5, 5.41) is 26.4. The minimum absolute atomic E-state index is 0.0341. The topological polar surface area (TPSA) is 189 Å². The van der Waals surface area contributed by atoms with E-state index in [1.165, 1.54) is 11.2 Å². The minimum atomic E-state index is -1.01. The minimum Gasteiger partial charge on any atom is -0.465 e. The Morgan fingerprint density at radius 2 is 2.08 bits per heavy atom. The predicted octanol–water partition coefficient (Wildman–Crippen LogP) is 3.40. The van der Waals surface area contributed by atoms with Gasteiger partial charge in [-0.25, -0.2) is 19.4 Å². The van der Waals surface area contributed by atoms with Crippen LogP contribution in [-0.2, 0) is 0 Å². The summed E-state index contributed by atoms with van der Waals surface area (Å²) in [6, 6.07) is 5.86. The number of fused-ring (bicyclic) bond motifs is 2. The molecule has 0 bridgehead atoms. The number of hydrogen-bond acceptors (Lipinski definition) is 9. The summed E-state index contributed by atoms with van der Waals surface area (Å²) in [7, 11) is 0. The van der Waals surface area contributed by atoms with E-state index >= 15 is 0 Å². The number of carbonyl (C=O) groups is 2. The Kier molecular flexibility index (Phi) is 5.66. The second-order valence-corrected chi connectivity index (χ2v) is 10.0. The number of oxazole rings is 1. The highest BCUT2D eigenvalue weighted by molar-refractivity contribution is 6.12. The number of carboxylic acid groups (broad SMARTS) is 1. The van der Waals surface area contributed by atoms with Crippen LogP contribution >= 0.6 is 0 Å². The van der Waals surface area contributed by atoms with E-state index in [2.05, 4.69) is 25.4 Å². The molecule has 37 heavy (non-hydrogen) atoms. The monoisotopic (exact) mass is 503 g/mol. The first kappa shape index (κ1) is 24.0. The maximum atomic E-state index is 13.4. The number of nitrogens with one attached hydrogen (secondary N) is 1. The van der Waals surface area contributed by atoms with Gasteiger partial charge in [-0.2, -0.15) is 15.3 Å². The highest BCUT2D eigenvalue weighted by Crippen LogP contribution is 2.40. The molecule has 1 aromatic carbocycles. The predicted molar refractivity (Wildman–Crippen MR) is 133 cm³/mol. The average molecular weight is 504 g/mol. The fourth-order valence-electron chi connectivity index (χ4n) is 5.08. The van der Waals surface area contributed by atoms with Crippen LogP contribution in [0, 0.1) is 16.7 Å². The summed E-state index contributed by atoms with van der Waals surface area (Å²) < 4.78 is 7.20. The van der Waals surface area contributed by atoms with E-state index < -0.39 is 29.5 Å². The molecule has 0 spiro atoms. The van der Waals surface area contributed by atoms with Crippen molar-refractivity contribution in [1.82, 2.24) is 29.6 Å². The molecule has 2 atom stereocenters. The molecular weight excluding hydrogens is 478 g/mol. The molecule has 1 saturated heterocycles. The van der Waals surface area contributed by atoms with Gasteiger partial charge in [0.1, 0.15) is 17.7 Å². The van der Waals surface area contributed by atoms with Crippen molar-refractivity contribution in [2.45, 2.75) is 45.7 Å². The Labute approximate surface area is 210 Å². The Hall–Kier alpha value is -4.73. The van der Waals surface area contributed by atoms with E-state index in [0.29, 0.717) is 41.7 Å². The lowest BCUT2D eigenvalue weighted by Gasteiger charge is -2.46. The molecule has 3 aromatic heterocycles. The van der Waals surface area contributed by atoms with Gasteiger partial charge in [0, 0.05) is 6.54 Å². The van der Waals surface area contributed by atoms with Crippen LogP contribution in [0.15, 0.2) is 28.9 Å². The number of benzene rings is 1. The van der Waals surface area contributed by atoms with Crippen molar-refractivity contribution < 1.29 is 19.1 Å². The molecule has 13 nitrogen and oxygen atoms in total. The average Bonchev–Trinajstić information content (AvgIpc) is 3.44. The highest BCUT2D eigenvalue weighted by Gasteiger charge is 2.44. The van der Waals surface area contributed by atoms with Gasteiger partial charge in [-0.1, -0.05) is 20.8 Å². The molecule has 4 heterocycles. The maximum absolute atomic E-state index is 13.4. The van der Waals surface area contributed by atoms with E-state index in [-0.39, 0.29) is 22.9 Å². The largest absolute Gasteiger partial charge is 0.465 e. The number of likely N-dealkylation sites (tertiary alicyclic amines) is 1. The van der Waals surface area contributed by atoms with Crippen LogP contribution in [-0.4, -0.2) is 59.3 Å². The number of nitrogens with zero attached hydrogens (tertiary/aromatic N) is 7. The van der Waals surface area contributed by atoms with Crippen LogP contribution in [0.25, 0.3) is 22.1 Å². The third-order valence-corrected chi connectivity index (χ3v) is 6.52. The molecule has 4 N–H and O–H groups in total. The van der Waals surface area contributed by atoms with Crippen molar-refractivity contribution in [1.29, 1.82) is 5.26 Å². The first-order chi connectivity index (χ1) is 17.6. The van der Waals surface area contributed by atoms with Crippen molar-refractivity contribution in [2.75, 3.05) is 17.6 Å². The number of nitrogen functional groups attached to an aromatic ring is 1. The molecule has 1 aliphatic rings. The first-order valence-electron chi connectivity index (χ1n) is 11.7. The molecule has 1 unspecified atom stereocenters. The summed E-state index contributed by atoms with van der Waals surface area (Å²) in [5.74, 6) is -0.577. The van der Waals surface area contributed by atoms with Crippen molar-refractivity contribution in [3.8, 4) is 6.07 Å². The number of aromatic nitrogens is 5. The fourth-order valence-corrected chi connectivity index (χ4v) is 5.08. The molecule has 0 aliphatic carbocycles. The number of carbonyl (C=O) groups excluding carboxylic acids is 1. The lowest BCUT2D eigenvalue weighted by Crippen LogP contribution is -2.54. The number of amides is 2. The maximum Gasteiger partial charge on any atom is 0.407 e. The van der Waals surface area contributed by atoms with Crippen LogP contribution < -0.4 is 11.1 Å². The zero-order valence-corrected chi connectivity index (χ0v) is 20.5. The molecule has 2 amide bonds. The van der Waals surface area contributed by atoms with Gasteiger partial charge in [0.05, 0.1) is 29.1 Å². The highest BCUT2D eigenvalue weighted by atomic mass is 16.4. The summed E-state index contributed by atoms with van der Waals surface area (Å²) in [6.45, 7) is 6.32. The number of hydrogen-bond donors (Lipinski definition) is 3. The smallest absolute Gasteiger partial charge is 0.407 e. The third-order valence-electron chi connectivity index (χ3n) is 6.52.